The number of nitrogens with zero attached hydrogens (tertiary/aromatic N) is 1. The van der Waals surface area contributed by atoms with Crippen LogP contribution in [0.1, 0.15) is 12.0 Å². The summed E-state index contributed by atoms with van der Waals surface area (Å²) in [5, 5.41) is 9.78. The summed E-state index contributed by atoms with van der Waals surface area (Å²) in [5.41, 5.74) is 2.01. The van der Waals surface area contributed by atoms with Gasteiger partial charge in [0, 0.05) is 32.4 Å². The van der Waals surface area contributed by atoms with Gasteiger partial charge in [0.1, 0.15) is 5.82 Å². The van der Waals surface area contributed by atoms with Crippen LogP contribution < -0.4 is 16.0 Å². The van der Waals surface area contributed by atoms with Crippen molar-refractivity contribution in [3.63, 3.8) is 0 Å². The van der Waals surface area contributed by atoms with Crippen molar-refractivity contribution in [3.05, 3.63) is 66.0 Å². The quantitative estimate of drug-likeness (QED) is 0.266. The van der Waals surface area contributed by atoms with E-state index >= 15 is 0 Å². The maximum atomic E-state index is 13.1. The third-order valence-corrected chi connectivity index (χ3v) is 3.32. The van der Waals surface area contributed by atoms with Crippen LogP contribution in [0.15, 0.2) is 59.6 Å². The number of benzene rings is 2. The fraction of sp³-hybridized carbons (Fsp3) is 0.278. The highest BCUT2D eigenvalue weighted by atomic mass is 127. The van der Waals surface area contributed by atoms with Gasteiger partial charge >= 0.3 is 0 Å². The molecular weight excluding hydrogens is 418 g/mol. The molecule has 2 rings (SSSR count). The Morgan fingerprint density at radius 3 is 2.50 bits per heavy atom. The van der Waals surface area contributed by atoms with Gasteiger partial charge in [0.25, 0.3) is 0 Å². The highest BCUT2D eigenvalue weighted by molar-refractivity contribution is 14.0. The van der Waals surface area contributed by atoms with Crippen LogP contribution in [0.25, 0.3) is 0 Å². The van der Waals surface area contributed by atoms with E-state index in [0.29, 0.717) is 12.5 Å². The second kappa shape index (κ2) is 11.7. The largest absolute Gasteiger partial charge is 0.385 e. The van der Waals surface area contributed by atoms with Gasteiger partial charge < -0.3 is 16.0 Å². The molecule has 0 radical (unpaired) electrons. The first-order valence-corrected chi connectivity index (χ1v) is 7.76. The molecule has 2 aromatic rings. The van der Waals surface area contributed by atoms with Gasteiger partial charge in [-0.2, -0.15) is 0 Å². The molecule has 0 saturated carbocycles. The summed E-state index contributed by atoms with van der Waals surface area (Å²) in [5.74, 6) is 0.494. The van der Waals surface area contributed by atoms with Crippen molar-refractivity contribution >= 4 is 35.6 Å². The van der Waals surface area contributed by atoms with E-state index in [-0.39, 0.29) is 29.8 Å². The summed E-state index contributed by atoms with van der Waals surface area (Å²) in [6.45, 7) is 2.24. The standard InChI is InChI=1S/C18H23FN4.HI/c1-20-18(23-14-15-7-5-8-16(19)13-15)22-12-6-11-21-17-9-3-2-4-10-17;/h2-5,7-10,13,21H,6,11-12,14H2,1H3,(H2,20,22,23);1H. The third kappa shape index (κ3) is 7.63. The highest BCUT2D eigenvalue weighted by Crippen LogP contribution is 2.04. The second-order valence-electron chi connectivity index (χ2n) is 5.13. The molecule has 0 unspecified atom stereocenters. The SMILES string of the molecule is CN=C(NCCCNc1ccccc1)NCc1cccc(F)c1.I. The molecule has 0 aliphatic rings. The smallest absolute Gasteiger partial charge is 0.191 e. The van der Waals surface area contributed by atoms with Crippen LogP contribution in [-0.2, 0) is 6.54 Å². The zero-order valence-electron chi connectivity index (χ0n) is 13.8. The van der Waals surface area contributed by atoms with E-state index in [9.17, 15) is 4.39 Å². The molecule has 6 heteroatoms. The van der Waals surface area contributed by atoms with Gasteiger partial charge in [-0.3, -0.25) is 4.99 Å². The number of aliphatic imine (C=N–C) groups is 1. The molecule has 24 heavy (non-hydrogen) atoms. The van der Waals surface area contributed by atoms with Gasteiger partial charge in [-0.15, -0.1) is 24.0 Å². The Labute approximate surface area is 160 Å². The Hall–Kier alpha value is -1.83. The molecule has 0 atom stereocenters. The number of hydrogen-bond donors (Lipinski definition) is 3. The van der Waals surface area contributed by atoms with Crippen molar-refractivity contribution in [2.75, 3.05) is 25.5 Å². The van der Waals surface area contributed by atoms with Crippen molar-refractivity contribution in [1.29, 1.82) is 0 Å². The first-order chi connectivity index (χ1) is 11.3. The third-order valence-electron chi connectivity index (χ3n) is 3.32. The average Bonchev–Trinajstić information content (AvgIpc) is 2.58. The molecule has 0 spiro atoms. The molecule has 0 fully saturated rings. The average molecular weight is 442 g/mol. The summed E-state index contributed by atoms with van der Waals surface area (Å²) in [7, 11) is 1.73. The van der Waals surface area contributed by atoms with Crippen molar-refractivity contribution < 1.29 is 4.39 Å². The van der Waals surface area contributed by atoms with E-state index < -0.39 is 0 Å². The van der Waals surface area contributed by atoms with E-state index in [0.717, 1.165) is 30.8 Å². The van der Waals surface area contributed by atoms with Crippen molar-refractivity contribution in [3.8, 4) is 0 Å². The molecule has 0 saturated heterocycles. The zero-order chi connectivity index (χ0) is 16.3. The van der Waals surface area contributed by atoms with E-state index in [1.165, 1.54) is 12.1 Å². The number of nitrogens with one attached hydrogen (secondary N) is 3. The second-order valence-corrected chi connectivity index (χ2v) is 5.13. The maximum absolute atomic E-state index is 13.1. The van der Waals surface area contributed by atoms with E-state index in [1.807, 2.05) is 36.4 Å². The van der Waals surface area contributed by atoms with Crippen molar-refractivity contribution in [2.45, 2.75) is 13.0 Å². The number of guanidine groups is 1. The topological polar surface area (TPSA) is 48.5 Å². The lowest BCUT2D eigenvalue weighted by Gasteiger charge is -2.12. The molecule has 0 aliphatic carbocycles. The van der Waals surface area contributed by atoms with Crippen LogP contribution in [0.3, 0.4) is 0 Å². The Morgan fingerprint density at radius 1 is 1.00 bits per heavy atom. The van der Waals surface area contributed by atoms with Crippen LogP contribution in [0.5, 0.6) is 0 Å². The lowest BCUT2D eigenvalue weighted by Crippen LogP contribution is -2.37. The molecule has 0 bridgehead atoms. The minimum absolute atomic E-state index is 0. The molecule has 3 N–H and O–H groups in total. The number of halogens is 2. The molecule has 0 amide bonds. The zero-order valence-corrected chi connectivity index (χ0v) is 16.1. The van der Waals surface area contributed by atoms with Gasteiger partial charge in [0.2, 0.25) is 0 Å². The number of para-hydroxylation sites is 1. The van der Waals surface area contributed by atoms with Gasteiger partial charge in [-0.25, -0.2) is 4.39 Å². The molecule has 130 valence electrons. The molecule has 0 aliphatic heterocycles. The predicted octanol–water partition coefficient (Wildman–Crippen LogP) is 3.61. The number of hydrogen-bond acceptors (Lipinski definition) is 2. The monoisotopic (exact) mass is 442 g/mol. The fourth-order valence-corrected chi connectivity index (χ4v) is 2.14. The molecule has 4 nitrogen and oxygen atoms in total. The van der Waals surface area contributed by atoms with Gasteiger partial charge in [0.15, 0.2) is 5.96 Å². The molecular formula is C18H24FIN4. The Kier molecular flexibility index (Phi) is 9.83. The normalized spacial score (nSPS) is 10.7. The Bertz CT molecular complexity index is 619. The lowest BCUT2D eigenvalue weighted by atomic mass is 10.2. The summed E-state index contributed by atoms with van der Waals surface area (Å²) >= 11 is 0. The van der Waals surface area contributed by atoms with Crippen LogP contribution in [0, 0.1) is 5.82 Å². The van der Waals surface area contributed by atoms with Crippen molar-refractivity contribution in [1.82, 2.24) is 10.6 Å². The molecule has 0 aromatic heterocycles. The first-order valence-electron chi connectivity index (χ1n) is 7.76. The summed E-state index contributed by atoms with van der Waals surface area (Å²) in [4.78, 5) is 4.16. The maximum Gasteiger partial charge on any atom is 0.191 e. The minimum Gasteiger partial charge on any atom is -0.385 e. The van der Waals surface area contributed by atoms with Crippen LogP contribution >= 0.6 is 24.0 Å². The first kappa shape index (κ1) is 20.2. The Morgan fingerprint density at radius 2 is 1.79 bits per heavy atom. The fourth-order valence-electron chi connectivity index (χ4n) is 2.14. The summed E-state index contributed by atoms with van der Waals surface area (Å²) in [6, 6.07) is 16.7. The van der Waals surface area contributed by atoms with Crippen LogP contribution in [0.2, 0.25) is 0 Å². The number of rotatable bonds is 7. The highest BCUT2D eigenvalue weighted by Gasteiger charge is 1.99. The van der Waals surface area contributed by atoms with Gasteiger partial charge in [-0.05, 0) is 36.2 Å². The van der Waals surface area contributed by atoms with E-state index in [1.54, 1.807) is 13.1 Å². The van der Waals surface area contributed by atoms with Crippen LogP contribution in [0.4, 0.5) is 10.1 Å². The summed E-state index contributed by atoms with van der Waals surface area (Å²) in [6.07, 6.45) is 0.968. The molecule has 0 heterocycles. The minimum atomic E-state index is -0.223. The lowest BCUT2D eigenvalue weighted by molar-refractivity contribution is 0.624. The number of anilines is 1. The van der Waals surface area contributed by atoms with Crippen LogP contribution in [-0.4, -0.2) is 26.1 Å². The van der Waals surface area contributed by atoms with Crippen molar-refractivity contribution in [2.24, 2.45) is 4.99 Å². The molecule has 2 aromatic carbocycles. The summed E-state index contributed by atoms with van der Waals surface area (Å²) < 4.78 is 13.1. The van der Waals surface area contributed by atoms with Gasteiger partial charge in [-0.1, -0.05) is 30.3 Å². The van der Waals surface area contributed by atoms with Gasteiger partial charge in [0.05, 0.1) is 0 Å². The predicted molar refractivity (Wildman–Crippen MR) is 110 cm³/mol. The van der Waals surface area contributed by atoms with E-state index in [2.05, 4.69) is 20.9 Å². The Balaban J connectivity index is 0.00000288. The van der Waals surface area contributed by atoms with E-state index in [4.69, 9.17) is 0 Å².